The largest absolute Gasteiger partial charge is 0.373 e. The second-order valence-electron chi connectivity index (χ2n) is 5.64. The number of amides is 1. The summed E-state index contributed by atoms with van der Waals surface area (Å²) in [5.74, 6) is -0.291. The number of carbonyl (C=O) groups is 1. The van der Waals surface area contributed by atoms with Gasteiger partial charge in [-0.25, -0.2) is 0 Å². The average molecular weight is 445 g/mol. The Morgan fingerprint density at radius 2 is 1.78 bits per heavy atom. The Labute approximate surface area is 159 Å². The lowest BCUT2D eigenvalue weighted by Gasteiger charge is -2.42. The molecule has 1 aromatic carbocycles. The molecule has 23 heavy (non-hydrogen) atoms. The molecule has 0 saturated carbocycles. The van der Waals surface area contributed by atoms with Crippen LogP contribution in [0.1, 0.15) is 24.2 Å². The molecule has 8 heteroatoms. The number of hydrogen-bond donors (Lipinski definition) is 1. The van der Waals surface area contributed by atoms with Crippen molar-refractivity contribution >= 4 is 56.6 Å². The Morgan fingerprint density at radius 3 is 2.26 bits per heavy atom. The van der Waals surface area contributed by atoms with Crippen LogP contribution in [-0.4, -0.2) is 46.1 Å². The summed E-state index contributed by atoms with van der Waals surface area (Å²) in [7, 11) is 0. The minimum absolute atomic E-state index is 0.00168. The van der Waals surface area contributed by atoms with Gasteiger partial charge >= 0.3 is 0 Å². The number of rotatable bonds is 3. The van der Waals surface area contributed by atoms with E-state index >= 15 is 0 Å². The predicted molar refractivity (Wildman–Crippen MR) is 97.3 cm³/mol. The fraction of sp³-hybridized carbons (Fsp3) is 0.533. The maximum Gasteiger partial charge on any atom is 0.252 e. The average Bonchev–Trinajstić information content (AvgIpc) is 2.42. The molecule has 1 aliphatic heterocycles. The highest BCUT2D eigenvalue weighted by Gasteiger charge is 2.41. The van der Waals surface area contributed by atoms with E-state index in [-0.39, 0.29) is 18.1 Å². The Hall–Kier alpha value is -0.0400. The number of alkyl halides is 3. The van der Waals surface area contributed by atoms with E-state index in [1.54, 1.807) is 24.3 Å². The number of nitrogens with zero attached hydrogens (tertiary/aromatic N) is 1. The highest BCUT2D eigenvalue weighted by atomic mass is 79.9. The normalized spacial score (nSPS) is 24.3. The third kappa shape index (κ3) is 5.48. The van der Waals surface area contributed by atoms with E-state index in [1.807, 2.05) is 18.7 Å². The molecule has 0 aliphatic carbocycles. The number of hydrogen-bond acceptors (Lipinski definition) is 3. The second-order valence-corrected chi connectivity index (χ2v) is 8.92. The lowest BCUT2D eigenvalue weighted by atomic mass is 10.2. The van der Waals surface area contributed by atoms with Gasteiger partial charge < -0.3 is 10.1 Å². The van der Waals surface area contributed by atoms with Crippen molar-refractivity contribution in [2.45, 2.75) is 36.0 Å². The molecule has 1 N–H and O–H groups in total. The molecule has 1 fully saturated rings. The molecule has 0 unspecified atom stereocenters. The first-order valence-corrected chi connectivity index (χ1v) is 9.12. The van der Waals surface area contributed by atoms with Crippen LogP contribution in [-0.2, 0) is 4.74 Å². The van der Waals surface area contributed by atoms with Crippen LogP contribution in [0.3, 0.4) is 0 Å². The summed E-state index contributed by atoms with van der Waals surface area (Å²) >= 11 is 21.7. The molecule has 0 aromatic heterocycles. The summed E-state index contributed by atoms with van der Waals surface area (Å²) < 4.78 is 4.93. The molecule has 0 spiro atoms. The summed E-state index contributed by atoms with van der Waals surface area (Å²) in [6.07, 6.45) is -0.742. The van der Waals surface area contributed by atoms with Gasteiger partial charge in [-0.15, -0.1) is 0 Å². The Morgan fingerprint density at radius 1 is 1.26 bits per heavy atom. The van der Waals surface area contributed by atoms with E-state index in [0.717, 1.165) is 4.47 Å². The van der Waals surface area contributed by atoms with Gasteiger partial charge in [0.2, 0.25) is 3.79 Å². The molecule has 1 aromatic rings. The SMILES string of the molecule is C[C@@H]1CN([C@@H](NC(=O)c2ccc(Br)cc2)C(Cl)(Cl)Cl)C[C@@H](C)O1. The molecule has 3 atom stereocenters. The van der Waals surface area contributed by atoms with Gasteiger partial charge in [0, 0.05) is 23.1 Å². The smallest absolute Gasteiger partial charge is 0.252 e. The Bertz CT molecular complexity index is 541. The molecule has 1 aliphatic rings. The lowest BCUT2D eigenvalue weighted by molar-refractivity contribution is -0.0826. The Kier molecular flexibility index (Phi) is 6.62. The highest BCUT2D eigenvalue weighted by Crippen LogP contribution is 2.33. The van der Waals surface area contributed by atoms with Crippen LogP contribution in [0.15, 0.2) is 28.7 Å². The maximum atomic E-state index is 12.5. The van der Waals surface area contributed by atoms with E-state index in [1.165, 1.54) is 0 Å². The van der Waals surface area contributed by atoms with E-state index in [2.05, 4.69) is 21.2 Å². The van der Waals surface area contributed by atoms with Crippen molar-refractivity contribution in [3.63, 3.8) is 0 Å². The zero-order chi connectivity index (χ0) is 17.2. The van der Waals surface area contributed by atoms with Crippen molar-refractivity contribution in [3.05, 3.63) is 34.3 Å². The van der Waals surface area contributed by atoms with Crippen molar-refractivity contribution in [1.82, 2.24) is 10.2 Å². The van der Waals surface area contributed by atoms with Gasteiger partial charge in [0.05, 0.1) is 12.2 Å². The van der Waals surface area contributed by atoms with Gasteiger partial charge in [0.25, 0.3) is 5.91 Å². The molecule has 0 bridgehead atoms. The minimum Gasteiger partial charge on any atom is -0.373 e. The topological polar surface area (TPSA) is 41.6 Å². The second kappa shape index (κ2) is 7.89. The number of benzene rings is 1. The molecular weight excluding hydrogens is 426 g/mol. The number of nitrogens with one attached hydrogen (secondary N) is 1. The van der Waals surface area contributed by atoms with Gasteiger partial charge in [-0.1, -0.05) is 50.7 Å². The van der Waals surface area contributed by atoms with Crippen LogP contribution in [0.25, 0.3) is 0 Å². The fourth-order valence-corrected chi connectivity index (χ4v) is 3.46. The van der Waals surface area contributed by atoms with Crippen LogP contribution < -0.4 is 5.32 Å². The van der Waals surface area contributed by atoms with Crippen LogP contribution in [0.4, 0.5) is 0 Å². The number of halogens is 4. The van der Waals surface area contributed by atoms with Crippen molar-refractivity contribution in [1.29, 1.82) is 0 Å². The lowest BCUT2D eigenvalue weighted by Crippen LogP contribution is -2.60. The maximum absolute atomic E-state index is 12.5. The van der Waals surface area contributed by atoms with Crippen molar-refractivity contribution < 1.29 is 9.53 Å². The summed E-state index contributed by atoms with van der Waals surface area (Å²) in [4.78, 5) is 14.4. The van der Waals surface area contributed by atoms with E-state index in [0.29, 0.717) is 18.7 Å². The molecule has 0 radical (unpaired) electrons. The first-order valence-electron chi connectivity index (χ1n) is 7.19. The zero-order valence-corrected chi connectivity index (χ0v) is 16.6. The van der Waals surface area contributed by atoms with Gasteiger partial charge in [0.1, 0.15) is 6.17 Å². The van der Waals surface area contributed by atoms with Gasteiger partial charge in [-0.2, -0.15) is 0 Å². The first kappa shape index (κ1) is 19.3. The Balaban J connectivity index is 2.16. The summed E-state index contributed by atoms with van der Waals surface area (Å²) in [6, 6.07) is 7.00. The van der Waals surface area contributed by atoms with Crippen LogP contribution in [0.5, 0.6) is 0 Å². The number of carbonyl (C=O) groups excluding carboxylic acids is 1. The molecule has 1 amide bonds. The zero-order valence-electron chi connectivity index (χ0n) is 12.7. The fourth-order valence-electron chi connectivity index (χ4n) is 2.62. The summed E-state index contributed by atoms with van der Waals surface area (Å²) in [5.41, 5.74) is 0.502. The van der Waals surface area contributed by atoms with Crippen LogP contribution in [0.2, 0.25) is 0 Å². The van der Waals surface area contributed by atoms with Crippen molar-refractivity contribution in [2.24, 2.45) is 0 Å². The molecule has 4 nitrogen and oxygen atoms in total. The summed E-state index contributed by atoms with van der Waals surface area (Å²) in [5, 5.41) is 2.82. The van der Waals surface area contributed by atoms with Crippen LogP contribution in [0, 0.1) is 0 Å². The quantitative estimate of drug-likeness (QED) is 0.717. The molecule has 2 rings (SSSR count). The summed E-state index contributed by atoms with van der Waals surface area (Å²) in [6.45, 7) is 5.05. The number of morpholine rings is 1. The van der Waals surface area contributed by atoms with Gasteiger partial charge in [-0.3, -0.25) is 9.69 Å². The predicted octanol–water partition coefficient (Wildman–Crippen LogP) is 3.98. The van der Waals surface area contributed by atoms with Crippen molar-refractivity contribution in [2.75, 3.05) is 13.1 Å². The van der Waals surface area contributed by atoms with Gasteiger partial charge in [-0.05, 0) is 38.1 Å². The third-order valence-corrected chi connectivity index (χ3v) is 4.65. The van der Waals surface area contributed by atoms with Crippen molar-refractivity contribution in [3.8, 4) is 0 Å². The third-order valence-electron chi connectivity index (χ3n) is 3.50. The molecule has 1 saturated heterocycles. The molecule has 1 heterocycles. The van der Waals surface area contributed by atoms with E-state index < -0.39 is 9.96 Å². The number of ether oxygens (including phenoxy) is 1. The standard InChI is InChI=1S/C15H18BrCl3N2O2/c1-9-7-21(8-10(2)23-9)14(15(17,18)19)20-13(22)11-3-5-12(16)6-4-11/h3-6,9-10,14H,7-8H2,1-2H3,(H,20,22)/t9-,10-,14-/m1/s1. The van der Waals surface area contributed by atoms with E-state index in [9.17, 15) is 4.79 Å². The van der Waals surface area contributed by atoms with Crippen LogP contribution >= 0.6 is 50.7 Å². The van der Waals surface area contributed by atoms with E-state index in [4.69, 9.17) is 39.5 Å². The monoisotopic (exact) mass is 442 g/mol. The minimum atomic E-state index is -1.65. The highest BCUT2D eigenvalue weighted by molar-refractivity contribution is 9.10. The van der Waals surface area contributed by atoms with Gasteiger partial charge in [0.15, 0.2) is 0 Å². The first-order chi connectivity index (χ1) is 10.7. The molecular formula is C15H18BrCl3N2O2. The molecule has 128 valence electrons.